The third-order valence-corrected chi connectivity index (χ3v) is 4.49. The lowest BCUT2D eigenvalue weighted by molar-refractivity contribution is -0.129. The number of benzene rings is 1. The molecule has 2 rings (SSSR count). The van der Waals surface area contributed by atoms with Crippen molar-refractivity contribution in [2.75, 3.05) is 12.3 Å². The Labute approximate surface area is 118 Å². The quantitative estimate of drug-likeness (QED) is 0.849. The smallest absolute Gasteiger partial charge is 0.223 e. The Bertz CT molecular complexity index is 597. The number of phenolic OH excluding ortho intramolecular Hbond substituents is 1. The predicted molar refractivity (Wildman–Crippen MR) is 74.3 cm³/mol. The van der Waals surface area contributed by atoms with Crippen molar-refractivity contribution in [3.8, 4) is 5.75 Å². The predicted octanol–water partition coefficient (Wildman–Crippen LogP) is 0.590. The van der Waals surface area contributed by atoms with Crippen LogP contribution in [0.3, 0.4) is 0 Å². The molecule has 0 bridgehead atoms. The molecule has 110 valence electrons. The van der Waals surface area contributed by atoms with Crippen molar-refractivity contribution < 1.29 is 18.3 Å². The van der Waals surface area contributed by atoms with Crippen LogP contribution >= 0.6 is 0 Å². The maximum Gasteiger partial charge on any atom is 0.223 e. The van der Waals surface area contributed by atoms with Crippen molar-refractivity contribution in [2.24, 2.45) is 11.1 Å². The van der Waals surface area contributed by atoms with Gasteiger partial charge in [-0.05, 0) is 24.6 Å². The Morgan fingerprint density at radius 2 is 2.00 bits per heavy atom. The minimum Gasteiger partial charge on any atom is -0.508 e. The van der Waals surface area contributed by atoms with Gasteiger partial charge in [0.2, 0.25) is 15.9 Å². The molecule has 2 unspecified atom stereocenters. The second kappa shape index (κ2) is 5.41. The van der Waals surface area contributed by atoms with E-state index in [1.54, 1.807) is 29.2 Å². The third kappa shape index (κ3) is 3.49. The van der Waals surface area contributed by atoms with E-state index < -0.39 is 10.0 Å². The highest BCUT2D eigenvalue weighted by molar-refractivity contribution is 7.89. The molecule has 0 aliphatic carbocycles. The summed E-state index contributed by atoms with van der Waals surface area (Å²) in [5.41, 5.74) is 0.896. The van der Waals surface area contributed by atoms with Crippen LogP contribution in [0.2, 0.25) is 0 Å². The lowest BCUT2D eigenvalue weighted by Crippen LogP contribution is -2.30. The molecule has 0 saturated carbocycles. The van der Waals surface area contributed by atoms with Crippen LogP contribution in [0.1, 0.15) is 24.9 Å². The monoisotopic (exact) mass is 298 g/mol. The first-order chi connectivity index (χ1) is 9.26. The number of amides is 1. The number of carbonyl (C=O) groups excluding carboxylic acids is 1. The molecule has 7 heteroatoms. The van der Waals surface area contributed by atoms with Crippen molar-refractivity contribution in [3.05, 3.63) is 29.8 Å². The van der Waals surface area contributed by atoms with Crippen LogP contribution in [-0.2, 0) is 14.8 Å². The fourth-order valence-corrected chi connectivity index (χ4v) is 3.44. The van der Waals surface area contributed by atoms with E-state index in [-0.39, 0.29) is 35.8 Å². The van der Waals surface area contributed by atoms with Crippen LogP contribution in [-0.4, -0.2) is 36.6 Å². The maximum atomic E-state index is 12.0. The fourth-order valence-electron chi connectivity index (χ4n) is 2.56. The summed E-state index contributed by atoms with van der Waals surface area (Å²) in [6.07, 6.45) is 0.207. The number of aromatic hydroxyl groups is 1. The number of hydrogen-bond donors (Lipinski definition) is 2. The lowest BCUT2D eigenvalue weighted by Gasteiger charge is -2.25. The zero-order valence-electron chi connectivity index (χ0n) is 11.2. The van der Waals surface area contributed by atoms with Crippen molar-refractivity contribution in [3.63, 3.8) is 0 Å². The molecule has 0 spiro atoms. The molecule has 1 aliphatic rings. The first-order valence-corrected chi connectivity index (χ1v) is 8.06. The molecule has 20 heavy (non-hydrogen) atoms. The first kappa shape index (κ1) is 14.8. The minimum atomic E-state index is -3.56. The Balaban J connectivity index is 2.09. The summed E-state index contributed by atoms with van der Waals surface area (Å²) >= 11 is 0. The highest BCUT2D eigenvalue weighted by Crippen LogP contribution is 2.29. The summed E-state index contributed by atoms with van der Waals surface area (Å²) in [4.78, 5) is 13.6. The molecule has 1 fully saturated rings. The van der Waals surface area contributed by atoms with Crippen LogP contribution in [0.15, 0.2) is 24.3 Å². The molecular formula is C13H18N2O4S. The van der Waals surface area contributed by atoms with Gasteiger partial charge < -0.3 is 10.0 Å². The van der Waals surface area contributed by atoms with Crippen molar-refractivity contribution >= 4 is 15.9 Å². The summed E-state index contributed by atoms with van der Waals surface area (Å²) in [6, 6.07) is 6.47. The summed E-state index contributed by atoms with van der Waals surface area (Å²) in [5, 5.41) is 14.3. The minimum absolute atomic E-state index is 0.0702. The Hall–Kier alpha value is -1.60. The van der Waals surface area contributed by atoms with Gasteiger partial charge in [-0.1, -0.05) is 12.1 Å². The van der Waals surface area contributed by atoms with E-state index in [0.29, 0.717) is 6.54 Å². The highest BCUT2D eigenvalue weighted by atomic mass is 32.2. The number of hydrogen-bond acceptors (Lipinski definition) is 4. The zero-order valence-corrected chi connectivity index (χ0v) is 12.0. The fraction of sp³-hybridized carbons (Fsp3) is 0.462. The number of primary sulfonamides is 1. The van der Waals surface area contributed by atoms with Crippen LogP contribution in [0.4, 0.5) is 0 Å². The normalized spacial score (nSPS) is 21.2. The number of sulfonamides is 1. The van der Waals surface area contributed by atoms with Gasteiger partial charge in [0.25, 0.3) is 0 Å². The highest BCUT2D eigenvalue weighted by Gasteiger charge is 2.34. The summed E-state index contributed by atoms with van der Waals surface area (Å²) in [5.74, 6) is -0.325. The number of phenols is 1. The van der Waals surface area contributed by atoms with Crippen LogP contribution < -0.4 is 5.14 Å². The van der Waals surface area contributed by atoms with E-state index in [9.17, 15) is 18.3 Å². The van der Waals surface area contributed by atoms with Gasteiger partial charge in [-0.25, -0.2) is 13.6 Å². The van der Waals surface area contributed by atoms with Gasteiger partial charge in [-0.2, -0.15) is 0 Å². The number of likely N-dealkylation sites (tertiary alicyclic amines) is 1. The lowest BCUT2D eigenvalue weighted by atomic mass is 10.1. The summed E-state index contributed by atoms with van der Waals surface area (Å²) in [7, 11) is -3.56. The topological polar surface area (TPSA) is 101 Å². The van der Waals surface area contributed by atoms with Crippen molar-refractivity contribution in [1.29, 1.82) is 0 Å². The summed E-state index contributed by atoms with van der Waals surface area (Å²) < 4.78 is 22.2. The second-order valence-corrected chi connectivity index (χ2v) is 6.87. The van der Waals surface area contributed by atoms with E-state index in [1.807, 2.05) is 6.92 Å². The Kier molecular flexibility index (Phi) is 4.01. The van der Waals surface area contributed by atoms with Gasteiger partial charge in [0.1, 0.15) is 5.75 Å². The van der Waals surface area contributed by atoms with Gasteiger partial charge in [0.15, 0.2) is 0 Å². The maximum absolute atomic E-state index is 12.0. The standard InChI is InChI=1S/C13H18N2O4S/c1-9(11-2-4-12(16)5-3-11)15-7-10(6-13(15)17)8-20(14,18)19/h2-5,9-10,16H,6-8H2,1H3,(H2,14,18,19). The Morgan fingerprint density at radius 1 is 1.40 bits per heavy atom. The summed E-state index contributed by atoms with van der Waals surface area (Å²) in [6.45, 7) is 2.26. The van der Waals surface area contributed by atoms with E-state index >= 15 is 0 Å². The van der Waals surface area contributed by atoms with Gasteiger partial charge >= 0.3 is 0 Å². The van der Waals surface area contributed by atoms with E-state index in [4.69, 9.17) is 5.14 Å². The molecule has 1 saturated heterocycles. The zero-order chi connectivity index (χ0) is 14.9. The van der Waals surface area contributed by atoms with Gasteiger partial charge in [-0.15, -0.1) is 0 Å². The molecule has 3 N–H and O–H groups in total. The van der Waals surface area contributed by atoms with Crippen LogP contribution in [0.25, 0.3) is 0 Å². The molecule has 2 atom stereocenters. The first-order valence-electron chi connectivity index (χ1n) is 6.35. The number of rotatable bonds is 4. The van der Waals surface area contributed by atoms with E-state index in [1.165, 1.54) is 0 Å². The number of carbonyl (C=O) groups is 1. The molecule has 1 amide bonds. The van der Waals surface area contributed by atoms with E-state index in [2.05, 4.69) is 0 Å². The van der Waals surface area contributed by atoms with Crippen LogP contribution in [0, 0.1) is 5.92 Å². The molecular weight excluding hydrogens is 280 g/mol. The van der Waals surface area contributed by atoms with Gasteiger partial charge in [0, 0.05) is 18.9 Å². The number of nitrogens with two attached hydrogens (primary N) is 1. The van der Waals surface area contributed by atoms with E-state index in [0.717, 1.165) is 5.56 Å². The second-order valence-electron chi connectivity index (χ2n) is 5.21. The largest absolute Gasteiger partial charge is 0.508 e. The van der Waals surface area contributed by atoms with Crippen molar-refractivity contribution in [1.82, 2.24) is 4.90 Å². The Morgan fingerprint density at radius 3 is 2.55 bits per heavy atom. The van der Waals surface area contributed by atoms with Crippen LogP contribution in [0.5, 0.6) is 5.75 Å². The molecule has 1 heterocycles. The molecule has 1 aromatic carbocycles. The molecule has 1 aromatic rings. The van der Waals surface area contributed by atoms with Gasteiger partial charge in [-0.3, -0.25) is 4.79 Å². The third-order valence-electron chi connectivity index (χ3n) is 3.55. The van der Waals surface area contributed by atoms with Crippen molar-refractivity contribution in [2.45, 2.75) is 19.4 Å². The average Bonchev–Trinajstić information content (AvgIpc) is 2.67. The van der Waals surface area contributed by atoms with Gasteiger partial charge in [0.05, 0.1) is 11.8 Å². The SMILES string of the molecule is CC(c1ccc(O)cc1)N1CC(CS(N)(=O)=O)CC1=O. The molecule has 1 aliphatic heterocycles. The molecule has 6 nitrogen and oxygen atoms in total. The number of nitrogens with zero attached hydrogens (tertiary/aromatic N) is 1. The average molecular weight is 298 g/mol. The molecule has 0 radical (unpaired) electrons. The molecule has 0 aromatic heterocycles.